The van der Waals surface area contributed by atoms with Crippen molar-refractivity contribution >= 4 is 52.8 Å². The van der Waals surface area contributed by atoms with Gasteiger partial charge in [-0.25, -0.2) is 0 Å². The first-order chi connectivity index (χ1) is 4.94. The van der Waals surface area contributed by atoms with E-state index in [2.05, 4.69) is 44.6 Å². The molecule has 2 nitrogen and oxygen atoms in total. The Kier molecular flexibility index (Phi) is 7.17. The topological polar surface area (TPSA) is 34.1 Å². The van der Waals surface area contributed by atoms with E-state index in [-0.39, 0.29) is 0 Å². The van der Waals surface area contributed by atoms with Crippen LogP contribution in [-0.4, -0.2) is 19.4 Å². The highest BCUT2D eigenvalue weighted by Crippen LogP contribution is 2.26. The fourth-order valence-electron chi connectivity index (χ4n) is 0. The van der Waals surface area contributed by atoms with Crippen LogP contribution in [-0.2, 0) is 8.26 Å². The Labute approximate surface area is 85.5 Å². The highest BCUT2D eigenvalue weighted by molar-refractivity contribution is 8.31. The number of rotatable bonds is 0. The number of alkyl halides is 5. The predicted octanol–water partition coefficient (Wildman–Crippen LogP) is 3.06. The molecular weight excluding hydrogens is 287 g/mol. The van der Waals surface area contributed by atoms with Crippen LogP contribution < -0.4 is 0 Å². The summed E-state index contributed by atoms with van der Waals surface area (Å²) in [5.41, 5.74) is 0. The van der Waals surface area contributed by atoms with Crippen molar-refractivity contribution in [3.05, 3.63) is 0 Å². The van der Waals surface area contributed by atoms with Crippen molar-refractivity contribution in [1.82, 2.24) is 0 Å². The second-order valence-corrected chi connectivity index (χ2v) is 5.99. The van der Waals surface area contributed by atoms with E-state index in [0.717, 1.165) is 0 Å². The summed E-state index contributed by atoms with van der Waals surface area (Å²) in [7, 11) is 4.81. The van der Waals surface area contributed by atoms with Gasteiger partial charge >= 0.3 is 14.4 Å². The van der Waals surface area contributed by atoms with E-state index >= 15 is 0 Å². The van der Waals surface area contributed by atoms with Gasteiger partial charge in [0.05, 0.1) is 0 Å². The molecule has 0 radical (unpaired) electrons. The fraction of sp³-hybridized carbons (Fsp3) is 1.00. The molecule has 0 saturated heterocycles. The van der Waals surface area contributed by atoms with E-state index in [1.807, 2.05) is 0 Å². The number of hydrogen-bond acceptors (Lipinski definition) is 2. The van der Waals surface area contributed by atoms with Crippen molar-refractivity contribution < 1.29 is 21.6 Å². The van der Waals surface area contributed by atoms with Gasteiger partial charge in [0, 0.05) is 21.4 Å². The Balaban J connectivity index is 0. The van der Waals surface area contributed by atoms with Gasteiger partial charge < -0.3 is 0 Å². The fourth-order valence-corrected chi connectivity index (χ4v) is 0. The van der Waals surface area contributed by atoms with Gasteiger partial charge in [-0.2, -0.15) is 21.6 Å². The second-order valence-electron chi connectivity index (χ2n) is 1.22. The molecule has 0 bridgehead atoms. The third kappa shape index (κ3) is 22.4. The standard InChI is InChI=1S/C2HCl2F3.Cl2O2S/c3-1(4)2(5,6)7;1-5(2,3)4/h1H;. The summed E-state index contributed by atoms with van der Waals surface area (Å²) in [5.74, 6) is 0. The summed E-state index contributed by atoms with van der Waals surface area (Å²) in [5, 5.41) is 0. The minimum absolute atomic E-state index is 2.26. The van der Waals surface area contributed by atoms with Crippen LogP contribution in [0.4, 0.5) is 13.2 Å². The van der Waals surface area contributed by atoms with E-state index in [4.69, 9.17) is 8.42 Å². The SMILES string of the molecule is FC(F)(F)C(Cl)Cl.O=S(=O)(Cl)Cl. The van der Waals surface area contributed by atoms with Crippen LogP contribution in [0, 0.1) is 0 Å². The lowest BCUT2D eigenvalue weighted by molar-refractivity contribution is -0.115. The first kappa shape index (κ1) is 15.4. The third-order valence-electron chi connectivity index (χ3n) is 0.247. The van der Waals surface area contributed by atoms with Crippen molar-refractivity contribution in [2.45, 2.75) is 11.0 Å². The molecule has 0 aliphatic rings. The van der Waals surface area contributed by atoms with Crippen molar-refractivity contribution in [1.29, 1.82) is 0 Å². The van der Waals surface area contributed by atoms with Crippen molar-refractivity contribution in [2.75, 3.05) is 0 Å². The van der Waals surface area contributed by atoms with E-state index < -0.39 is 19.3 Å². The Hall–Kier alpha value is 0.900. The van der Waals surface area contributed by atoms with Crippen LogP contribution in [0.2, 0.25) is 0 Å². The second kappa shape index (κ2) is 5.59. The zero-order chi connectivity index (χ0) is 10.6. The number of hydrogen-bond donors (Lipinski definition) is 0. The van der Waals surface area contributed by atoms with Gasteiger partial charge in [0.1, 0.15) is 0 Å². The molecule has 12 heavy (non-hydrogen) atoms. The third-order valence-corrected chi connectivity index (χ3v) is 0.742. The first-order valence-electron chi connectivity index (χ1n) is 1.93. The van der Waals surface area contributed by atoms with E-state index in [9.17, 15) is 13.2 Å². The minimum atomic E-state index is -4.47. The van der Waals surface area contributed by atoms with Gasteiger partial charge in [-0.1, -0.05) is 23.2 Å². The molecule has 0 aliphatic heterocycles. The maximum Gasteiger partial charge on any atom is 0.418 e. The molecule has 0 unspecified atom stereocenters. The molecule has 0 aromatic heterocycles. The Morgan fingerprint density at radius 2 is 1.17 bits per heavy atom. The molecule has 0 aromatic rings. The zero-order valence-electron chi connectivity index (χ0n) is 4.95. The van der Waals surface area contributed by atoms with Gasteiger partial charge in [0.15, 0.2) is 0 Å². The van der Waals surface area contributed by atoms with Gasteiger partial charge in [-0.3, -0.25) is 0 Å². The van der Waals surface area contributed by atoms with Crippen molar-refractivity contribution in [3.63, 3.8) is 0 Å². The maximum atomic E-state index is 10.9. The lowest BCUT2D eigenvalue weighted by Crippen LogP contribution is -2.16. The highest BCUT2D eigenvalue weighted by Gasteiger charge is 2.36. The normalized spacial score (nSPS) is 12.3. The molecule has 0 saturated carbocycles. The molecule has 0 atom stereocenters. The van der Waals surface area contributed by atoms with E-state index in [1.165, 1.54) is 0 Å². The molecule has 0 rings (SSSR count). The molecule has 0 aliphatic carbocycles. The Bertz CT molecular complexity index is 201. The van der Waals surface area contributed by atoms with Gasteiger partial charge in [0.25, 0.3) is 0 Å². The van der Waals surface area contributed by atoms with Crippen molar-refractivity contribution in [2.24, 2.45) is 0 Å². The first-order valence-corrected chi connectivity index (χ1v) is 5.94. The molecular formula is C2HCl4F3O2S. The predicted molar refractivity (Wildman–Crippen MR) is 42.2 cm³/mol. The summed E-state index contributed by atoms with van der Waals surface area (Å²) in [6.45, 7) is 0. The maximum absolute atomic E-state index is 10.9. The van der Waals surface area contributed by atoms with E-state index in [1.54, 1.807) is 0 Å². The van der Waals surface area contributed by atoms with Crippen LogP contribution >= 0.6 is 44.6 Å². The molecule has 0 amide bonds. The summed E-state index contributed by atoms with van der Waals surface area (Å²) >= 11 is 8.79. The largest absolute Gasteiger partial charge is 0.418 e. The Morgan fingerprint density at radius 1 is 1.08 bits per heavy atom. The summed E-state index contributed by atoms with van der Waals surface area (Å²) in [6, 6.07) is 0. The molecule has 0 fully saturated rings. The highest BCUT2D eigenvalue weighted by atomic mass is 36.0. The monoisotopic (exact) mass is 286 g/mol. The van der Waals surface area contributed by atoms with Crippen LogP contribution in [0.3, 0.4) is 0 Å². The van der Waals surface area contributed by atoms with Crippen LogP contribution in [0.1, 0.15) is 0 Å². The smallest absolute Gasteiger partial charge is 0.195 e. The van der Waals surface area contributed by atoms with Gasteiger partial charge in [-0.15, -0.1) is 0 Å². The average molecular weight is 288 g/mol. The summed E-state index contributed by atoms with van der Waals surface area (Å²) < 4.78 is 51.1. The molecule has 0 N–H and O–H groups in total. The minimum Gasteiger partial charge on any atom is -0.195 e. The molecule has 0 spiro atoms. The van der Waals surface area contributed by atoms with Crippen LogP contribution in [0.25, 0.3) is 0 Å². The lowest BCUT2D eigenvalue weighted by Gasteiger charge is -2.03. The molecule has 0 aromatic carbocycles. The van der Waals surface area contributed by atoms with Gasteiger partial charge in [-0.05, 0) is 0 Å². The molecule has 76 valence electrons. The number of halogens is 7. The lowest BCUT2D eigenvalue weighted by atomic mass is 10.8. The average Bonchev–Trinajstić information content (AvgIpc) is 1.55. The zero-order valence-corrected chi connectivity index (χ0v) is 8.79. The quantitative estimate of drug-likeness (QED) is 0.507. The summed E-state index contributed by atoms with van der Waals surface area (Å²) in [6.07, 6.45) is -4.47. The molecule has 0 heterocycles. The van der Waals surface area contributed by atoms with Gasteiger partial charge in [0.2, 0.25) is 4.84 Å². The summed E-state index contributed by atoms with van der Waals surface area (Å²) in [4.78, 5) is -2.26. The van der Waals surface area contributed by atoms with Crippen LogP contribution in [0.5, 0.6) is 0 Å². The van der Waals surface area contributed by atoms with Crippen LogP contribution in [0.15, 0.2) is 0 Å². The Morgan fingerprint density at radius 3 is 1.17 bits per heavy atom. The van der Waals surface area contributed by atoms with E-state index in [0.29, 0.717) is 0 Å². The van der Waals surface area contributed by atoms with Crippen molar-refractivity contribution in [3.8, 4) is 0 Å². The molecule has 10 heteroatoms.